The molecule has 0 aromatic carbocycles. The van der Waals surface area contributed by atoms with Crippen LogP contribution in [0.25, 0.3) is 11.2 Å². The highest BCUT2D eigenvalue weighted by Crippen LogP contribution is 2.20. The van der Waals surface area contributed by atoms with Gasteiger partial charge in [0.15, 0.2) is 11.5 Å². The summed E-state index contributed by atoms with van der Waals surface area (Å²) in [4.78, 5) is 20.4. The van der Waals surface area contributed by atoms with Crippen molar-refractivity contribution in [1.82, 2.24) is 24.9 Å². The molecule has 0 unspecified atom stereocenters. The van der Waals surface area contributed by atoms with Crippen molar-refractivity contribution in [3.8, 4) is 0 Å². The first-order valence-electron chi connectivity index (χ1n) is 6.36. The lowest BCUT2D eigenvalue weighted by atomic mass is 10.4. The van der Waals surface area contributed by atoms with E-state index in [2.05, 4.69) is 35.6 Å². The van der Waals surface area contributed by atoms with Crippen LogP contribution in [-0.4, -0.2) is 31.5 Å². The van der Waals surface area contributed by atoms with E-state index < -0.39 is 0 Å². The molecule has 0 aliphatic carbocycles. The van der Waals surface area contributed by atoms with Crippen molar-refractivity contribution in [3.63, 3.8) is 0 Å². The van der Waals surface area contributed by atoms with Gasteiger partial charge in [0.05, 0.1) is 12.9 Å². The van der Waals surface area contributed by atoms with Crippen LogP contribution in [0.3, 0.4) is 0 Å². The number of thiazole rings is 1. The molecule has 0 aliphatic heterocycles. The van der Waals surface area contributed by atoms with Crippen LogP contribution in [0.15, 0.2) is 11.7 Å². The highest BCUT2D eigenvalue weighted by molar-refractivity contribution is 7.09. The van der Waals surface area contributed by atoms with Gasteiger partial charge in [-0.2, -0.15) is 9.97 Å². The molecule has 0 radical (unpaired) electrons. The van der Waals surface area contributed by atoms with Gasteiger partial charge < -0.3 is 15.6 Å². The number of aromatic nitrogens is 5. The van der Waals surface area contributed by atoms with Crippen molar-refractivity contribution in [2.75, 3.05) is 17.2 Å². The molecule has 3 N–H and O–H groups in total. The number of aryl methyl sites for hydroxylation is 1. The zero-order valence-electron chi connectivity index (χ0n) is 11.3. The number of nitrogens with one attached hydrogen (secondary N) is 3. The fourth-order valence-corrected chi connectivity index (χ4v) is 2.55. The molecule has 104 valence electrons. The van der Waals surface area contributed by atoms with E-state index in [-0.39, 0.29) is 0 Å². The minimum absolute atomic E-state index is 0.574. The van der Waals surface area contributed by atoms with Crippen LogP contribution in [0, 0.1) is 6.92 Å². The average Bonchev–Trinajstić information content (AvgIpc) is 3.05. The van der Waals surface area contributed by atoms with Crippen molar-refractivity contribution < 1.29 is 0 Å². The second-order valence-corrected chi connectivity index (χ2v) is 5.21. The van der Waals surface area contributed by atoms with Crippen LogP contribution in [0.5, 0.6) is 0 Å². The molecule has 0 aliphatic rings. The summed E-state index contributed by atoms with van der Waals surface area (Å²) in [6.07, 6.45) is 1.62. The fraction of sp³-hybridized carbons (Fsp3) is 0.333. The topological polar surface area (TPSA) is 91.4 Å². The van der Waals surface area contributed by atoms with Crippen molar-refractivity contribution in [2.45, 2.75) is 20.4 Å². The predicted octanol–water partition coefficient (Wildman–Crippen LogP) is 2.16. The molecule has 8 heteroatoms. The summed E-state index contributed by atoms with van der Waals surface area (Å²) < 4.78 is 0. The Kier molecular flexibility index (Phi) is 3.46. The number of fused-ring (bicyclic) bond motifs is 1. The summed E-state index contributed by atoms with van der Waals surface area (Å²) >= 11 is 1.63. The van der Waals surface area contributed by atoms with Gasteiger partial charge in [-0.05, 0) is 13.8 Å². The summed E-state index contributed by atoms with van der Waals surface area (Å²) in [5, 5.41) is 9.45. The molecule has 20 heavy (non-hydrogen) atoms. The van der Waals surface area contributed by atoms with Gasteiger partial charge in [-0.15, -0.1) is 11.3 Å². The summed E-state index contributed by atoms with van der Waals surface area (Å²) in [6.45, 7) is 5.39. The number of anilines is 2. The molecule has 0 saturated carbocycles. The molecule has 0 saturated heterocycles. The maximum absolute atomic E-state index is 4.46. The van der Waals surface area contributed by atoms with Gasteiger partial charge in [-0.3, -0.25) is 0 Å². The third-order valence-electron chi connectivity index (χ3n) is 2.69. The molecule has 0 amide bonds. The number of nitrogens with zero attached hydrogens (tertiary/aromatic N) is 4. The zero-order chi connectivity index (χ0) is 13.9. The number of H-pyrrole nitrogens is 1. The normalized spacial score (nSPS) is 10.9. The van der Waals surface area contributed by atoms with E-state index in [0.29, 0.717) is 18.1 Å². The van der Waals surface area contributed by atoms with E-state index >= 15 is 0 Å². The van der Waals surface area contributed by atoms with Crippen LogP contribution >= 0.6 is 11.3 Å². The highest BCUT2D eigenvalue weighted by Gasteiger charge is 2.10. The van der Waals surface area contributed by atoms with Gasteiger partial charge in [0.2, 0.25) is 5.95 Å². The summed E-state index contributed by atoms with van der Waals surface area (Å²) in [6, 6.07) is 0. The maximum Gasteiger partial charge on any atom is 0.226 e. The van der Waals surface area contributed by atoms with Crippen LogP contribution in [0.4, 0.5) is 11.8 Å². The predicted molar refractivity (Wildman–Crippen MR) is 80.0 cm³/mol. The monoisotopic (exact) mass is 289 g/mol. The largest absolute Gasteiger partial charge is 0.362 e. The molecular weight excluding hydrogens is 274 g/mol. The van der Waals surface area contributed by atoms with Crippen molar-refractivity contribution in [1.29, 1.82) is 0 Å². The highest BCUT2D eigenvalue weighted by atomic mass is 32.1. The Bertz CT molecular complexity index is 717. The van der Waals surface area contributed by atoms with Crippen LogP contribution in [0.2, 0.25) is 0 Å². The van der Waals surface area contributed by atoms with E-state index in [0.717, 1.165) is 28.6 Å². The fourth-order valence-electron chi connectivity index (χ4n) is 1.84. The number of aromatic amines is 1. The molecule has 0 bridgehead atoms. The van der Waals surface area contributed by atoms with E-state index in [1.807, 2.05) is 19.2 Å². The first-order chi connectivity index (χ1) is 9.76. The van der Waals surface area contributed by atoms with Crippen LogP contribution in [-0.2, 0) is 6.54 Å². The summed E-state index contributed by atoms with van der Waals surface area (Å²) in [7, 11) is 0. The van der Waals surface area contributed by atoms with Gasteiger partial charge in [0.1, 0.15) is 10.5 Å². The number of rotatable bonds is 5. The van der Waals surface area contributed by atoms with E-state index in [9.17, 15) is 0 Å². The molecule has 7 nitrogen and oxygen atoms in total. The minimum atomic E-state index is 0.574. The Morgan fingerprint density at radius 2 is 2.15 bits per heavy atom. The van der Waals surface area contributed by atoms with E-state index in [4.69, 9.17) is 0 Å². The zero-order valence-corrected chi connectivity index (χ0v) is 12.1. The van der Waals surface area contributed by atoms with Crippen LogP contribution in [0.1, 0.15) is 17.6 Å². The Morgan fingerprint density at radius 1 is 1.25 bits per heavy atom. The van der Waals surface area contributed by atoms with E-state index in [1.165, 1.54) is 0 Å². The lowest BCUT2D eigenvalue weighted by Gasteiger charge is -2.07. The third-order valence-corrected chi connectivity index (χ3v) is 3.66. The smallest absolute Gasteiger partial charge is 0.226 e. The minimum Gasteiger partial charge on any atom is -0.362 e. The van der Waals surface area contributed by atoms with Gasteiger partial charge in [0.25, 0.3) is 0 Å². The number of hydrogen-bond donors (Lipinski definition) is 3. The maximum atomic E-state index is 4.46. The van der Waals surface area contributed by atoms with Gasteiger partial charge in [-0.1, -0.05) is 0 Å². The first-order valence-corrected chi connectivity index (χ1v) is 7.24. The summed E-state index contributed by atoms with van der Waals surface area (Å²) in [5.41, 5.74) is 2.49. The van der Waals surface area contributed by atoms with Crippen molar-refractivity contribution in [2.24, 2.45) is 0 Å². The van der Waals surface area contributed by atoms with E-state index in [1.54, 1.807) is 17.7 Å². The number of imidazole rings is 1. The van der Waals surface area contributed by atoms with Gasteiger partial charge >= 0.3 is 0 Å². The second kappa shape index (κ2) is 5.41. The SMILES string of the molecule is CCNc1nc(NCc2nc(C)cs2)c2[nH]cnc2n1. The van der Waals surface area contributed by atoms with Gasteiger partial charge in [0, 0.05) is 17.6 Å². The Hall–Kier alpha value is -2.22. The lowest BCUT2D eigenvalue weighted by Crippen LogP contribution is -2.07. The standard InChI is InChI=1S/C12H15N7S/c1-3-13-12-18-10(9-11(19-12)16-6-15-9)14-4-8-17-7(2)5-20-8/h5-6H,3-4H2,1-2H3,(H3,13,14,15,16,18,19). The lowest BCUT2D eigenvalue weighted by molar-refractivity contribution is 1.04. The molecule has 3 rings (SSSR count). The van der Waals surface area contributed by atoms with Crippen molar-refractivity contribution >= 4 is 34.3 Å². The number of hydrogen-bond acceptors (Lipinski definition) is 7. The van der Waals surface area contributed by atoms with Gasteiger partial charge in [-0.25, -0.2) is 9.97 Å². The molecule has 0 fully saturated rings. The summed E-state index contributed by atoms with van der Waals surface area (Å²) in [5.74, 6) is 1.31. The Balaban J connectivity index is 1.87. The Morgan fingerprint density at radius 3 is 2.90 bits per heavy atom. The quantitative estimate of drug-likeness (QED) is 0.666. The molecule has 3 aromatic heterocycles. The van der Waals surface area contributed by atoms with Crippen LogP contribution < -0.4 is 10.6 Å². The molecule has 0 spiro atoms. The molecule has 3 heterocycles. The second-order valence-electron chi connectivity index (χ2n) is 4.26. The average molecular weight is 289 g/mol. The molecule has 0 atom stereocenters. The molecule has 3 aromatic rings. The molecular formula is C12H15N7S. The Labute approximate surface area is 119 Å². The van der Waals surface area contributed by atoms with Crippen molar-refractivity contribution in [3.05, 3.63) is 22.4 Å². The first kappa shape index (κ1) is 12.8. The third kappa shape index (κ3) is 2.55.